The number of ether oxygens (including phenoxy) is 2. The van der Waals surface area contributed by atoms with Crippen molar-refractivity contribution >= 4 is 81.5 Å². The Morgan fingerprint density at radius 1 is 0.634 bits per heavy atom. The molecule has 2 aromatic heterocycles. The van der Waals surface area contributed by atoms with Crippen molar-refractivity contribution in [3.8, 4) is 0 Å². The predicted molar refractivity (Wildman–Crippen MR) is 335 cm³/mol. The predicted octanol–water partition coefficient (Wildman–Crippen LogP) is 17.4. The number of alkyl halides is 3. The number of aliphatic hydroxyl groups excluding tert-OH is 3. The largest absolute Gasteiger partial charge is 0.522 e. The van der Waals surface area contributed by atoms with Gasteiger partial charge in [0, 0.05) is 38.1 Å². The first kappa shape index (κ1) is 71.8. The highest BCUT2D eigenvalue weighted by atomic mass is 32.2. The van der Waals surface area contributed by atoms with Crippen LogP contribution in [0.3, 0.4) is 0 Å². The fourth-order valence-corrected chi connectivity index (χ4v) is 18.3. The summed E-state index contributed by atoms with van der Waals surface area (Å²) in [6.07, 6.45) is 15.8. The van der Waals surface area contributed by atoms with Gasteiger partial charge in [0.05, 0.1) is 32.5 Å². The number of methoxy groups -OCH3 is 2. The van der Waals surface area contributed by atoms with Crippen LogP contribution in [-0.4, -0.2) is 90.4 Å². The van der Waals surface area contributed by atoms with Crippen LogP contribution < -0.4 is 0 Å². The highest BCUT2D eigenvalue weighted by Gasteiger charge is 2.53. The molecule has 0 radical (unpaired) electrons. The molecule has 0 saturated heterocycles. The van der Waals surface area contributed by atoms with Gasteiger partial charge in [0.15, 0.2) is 8.32 Å². The SMILES string of the molecule is CC(C)(C)[Si](C)(C)OS(=O)(=O)C(F)(F)F.COC(=O)CCCCCC[C@@H]1[C@@H](CC[C@@H](C)c2cc3ccccc3s2)[C@H](C)C[C@@H]1O[Si](C)(C)C(C)(C)C.COC(=O)CCCCCC[C@@H]1[C@@H](CC[C@@H](O)c2cc3ccccc3s2)[C@H](O)C[C@@H]1O. The molecule has 2 saturated carbocycles. The summed E-state index contributed by atoms with van der Waals surface area (Å²) in [5.41, 5.74) is -5.34. The van der Waals surface area contributed by atoms with Crippen molar-refractivity contribution in [2.75, 3.05) is 14.2 Å². The van der Waals surface area contributed by atoms with Crippen LogP contribution in [0.2, 0.25) is 36.3 Å². The van der Waals surface area contributed by atoms with Gasteiger partial charge in [-0.3, -0.25) is 9.59 Å². The van der Waals surface area contributed by atoms with Crippen LogP contribution in [0.4, 0.5) is 13.2 Å². The van der Waals surface area contributed by atoms with Gasteiger partial charge in [0.2, 0.25) is 8.32 Å². The maximum absolute atomic E-state index is 12.1. The van der Waals surface area contributed by atoms with Gasteiger partial charge in [-0.25, -0.2) is 0 Å². The van der Waals surface area contributed by atoms with Crippen LogP contribution in [0, 0.1) is 29.6 Å². The lowest BCUT2D eigenvalue weighted by atomic mass is 9.81. The molecule has 19 heteroatoms. The van der Waals surface area contributed by atoms with E-state index >= 15 is 0 Å². The summed E-state index contributed by atoms with van der Waals surface area (Å²) in [4.78, 5) is 25.1. The molecule has 11 nitrogen and oxygen atoms in total. The van der Waals surface area contributed by atoms with E-state index in [0.717, 1.165) is 61.1 Å². The number of carbonyl (C=O) groups is 2. The zero-order valence-electron chi connectivity index (χ0n) is 51.7. The van der Waals surface area contributed by atoms with Crippen LogP contribution in [-0.2, 0) is 37.5 Å². The minimum absolute atomic E-state index is 0.0269. The molecule has 0 spiro atoms. The second-order valence-corrected chi connectivity index (χ2v) is 39.9. The second kappa shape index (κ2) is 31.8. The Morgan fingerprint density at radius 2 is 1.07 bits per heavy atom. The quantitative estimate of drug-likeness (QED) is 0.0237. The van der Waals surface area contributed by atoms with Gasteiger partial charge in [-0.15, -0.1) is 22.7 Å². The molecule has 2 heterocycles. The molecule has 0 amide bonds. The number of halogens is 3. The molecule has 0 bridgehead atoms. The van der Waals surface area contributed by atoms with Gasteiger partial charge in [0.1, 0.15) is 0 Å². The van der Waals surface area contributed by atoms with E-state index in [9.17, 15) is 46.5 Å². The van der Waals surface area contributed by atoms with Crippen LogP contribution in [0.5, 0.6) is 0 Å². The molecule has 2 aromatic carbocycles. The van der Waals surface area contributed by atoms with Gasteiger partial charge in [-0.2, -0.15) is 21.6 Å². The lowest BCUT2D eigenvalue weighted by Gasteiger charge is -2.40. The Kier molecular flexibility index (Phi) is 27.8. The number of unbranched alkanes of at least 4 members (excludes halogenated alkanes) is 6. The molecule has 6 rings (SSSR count). The highest BCUT2D eigenvalue weighted by molar-refractivity contribution is 7.88. The van der Waals surface area contributed by atoms with Crippen molar-refractivity contribution in [1.29, 1.82) is 0 Å². The zero-order chi connectivity index (χ0) is 61.4. The van der Waals surface area contributed by atoms with Crippen molar-refractivity contribution in [2.45, 2.75) is 243 Å². The number of hydrogen-bond donors (Lipinski definition) is 3. The van der Waals surface area contributed by atoms with Gasteiger partial charge >= 0.3 is 27.6 Å². The fourth-order valence-electron chi connectivity index (χ4n) is 11.1. The molecule has 2 aliphatic carbocycles. The van der Waals surface area contributed by atoms with E-state index in [1.807, 2.05) is 23.5 Å². The Bertz CT molecular complexity index is 2610. The molecular weight excluding hydrogens is 1140 g/mol. The van der Waals surface area contributed by atoms with E-state index in [0.29, 0.717) is 56.0 Å². The number of hydrogen-bond acceptors (Lipinski definition) is 13. The van der Waals surface area contributed by atoms with Crippen molar-refractivity contribution in [3.63, 3.8) is 0 Å². The summed E-state index contributed by atoms with van der Waals surface area (Å²) in [6.45, 7) is 24.7. The van der Waals surface area contributed by atoms with Gasteiger partial charge in [-0.1, -0.05) is 130 Å². The fraction of sp³-hybridized carbons (Fsp3) is 0.714. The number of esters is 2. The molecule has 0 unspecified atom stereocenters. The summed E-state index contributed by atoms with van der Waals surface area (Å²) in [6, 6.07) is 21.4. The number of benzene rings is 2. The summed E-state index contributed by atoms with van der Waals surface area (Å²) in [7, 11) is -7.36. The molecule has 4 aromatic rings. The van der Waals surface area contributed by atoms with Crippen LogP contribution in [0.1, 0.15) is 193 Å². The number of thiophene rings is 2. The van der Waals surface area contributed by atoms with Crippen molar-refractivity contribution in [2.24, 2.45) is 29.6 Å². The lowest BCUT2D eigenvalue weighted by Crippen LogP contribution is -2.45. The topological polar surface area (TPSA) is 166 Å². The van der Waals surface area contributed by atoms with E-state index in [-0.39, 0.29) is 28.8 Å². The average Bonchev–Trinajstić information content (AvgIpc) is 4.32. The summed E-state index contributed by atoms with van der Waals surface area (Å²) in [5.74, 6) is 2.56. The molecule has 3 N–H and O–H groups in total. The van der Waals surface area contributed by atoms with E-state index in [2.05, 4.69) is 105 Å². The minimum atomic E-state index is -5.48. The summed E-state index contributed by atoms with van der Waals surface area (Å²) >= 11 is 3.59. The van der Waals surface area contributed by atoms with E-state index in [4.69, 9.17) is 9.16 Å². The monoisotopic (exact) mass is 1240 g/mol. The molecule has 10 atom stereocenters. The third-order valence-electron chi connectivity index (χ3n) is 18.2. The van der Waals surface area contributed by atoms with E-state index < -0.39 is 55.6 Å². The smallest absolute Gasteiger partial charge is 0.469 e. The van der Waals surface area contributed by atoms with Crippen molar-refractivity contribution in [3.05, 3.63) is 70.4 Å². The molecule has 2 fully saturated rings. The van der Waals surface area contributed by atoms with E-state index in [1.165, 1.54) is 85.5 Å². The Hall–Kier alpha value is -2.73. The maximum atomic E-state index is 12.1. The standard InChI is InChI=1S/C32H52O3SSi.C24H34O5S.C7H15F3O3SSi/c1-23(30-22-25-15-13-14-17-29(25)36-30)19-20-26-24(2)21-28(35-37(7,8)32(3,4)5)27(26)16-11-9-10-12-18-31(33)34-6;1-29-24(28)11-5-3-2-4-9-17-18(21(27)15-20(17)26)12-13-19(25)23-14-16-8-6-7-10-22(16)30-23;1-6(2,3)15(4,5)13-14(11,12)7(8,9)10/h13-15,17,22-24,26-28H,9-12,16,18-21H2,1-8H3;6-8,10,14,17-21,25-27H,2-5,9,11-13,15H2,1H3;1-5H3/t23-,24-,26+,27-,28+;17-,18-,19-,20+,21-;/m11./s1. The number of rotatable bonds is 26. The van der Waals surface area contributed by atoms with Crippen molar-refractivity contribution in [1.82, 2.24) is 0 Å². The highest BCUT2D eigenvalue weighted by Crippen LogP contribution is 2.49. The lowest BCUT2D eigenvalue weighted by molar-refractivity contribution is -0.141. The third-order valence-corrected chi connectivity index (χ3v) is 32.0. The van der Waals surface area contributed by atoms with Gasteiger partial charge in [-0.05, 0) is 171 Å². The maximum Gasteiger partial charge on any atom is 0.522 e. The zero-order valence-corrected chi connectivity index (χ0v) is 56.2. The normalized spacial score (nSPS) is 22.5. The number of aliphatic hydroxyl groups is 3. The second-order valence-electron chi connectivity index (χ2n) is 26.4. The van der Waals surface area contributed by atoms with Crippen LogP contribution in [0.15, 0.2) is 60.7 Å². The third kappa shape index (κ3) is 21.3. The first-order valence-corrected chi connectivity index (χ1v) is 38.8. The molecular formula is C63H101F3O11S3Si2. The average molecular weight is 1240 g/mol. The first-order valence-electron chi connectivity index (χ1n) is 30.0. The molecule has 466 valence electrons. The Labute approximate surface area is 500 Å². The number of carbonyl (C=O) groups excluding carboxylic acids is 2. The van der Waals surface area contributed by atoms with Gasteiger partial charge < -0.3 is 33.1 Å². The molecule has 0 aliphatic heterocycles. The molecule has 82 heavy (non-hydrogen) atoms. The Morgan fingerprint density at radius 3 is 1.55 bits per heavy atom. The number of fused-ring (bicyclic) bond motifs is 2. The van der Waals surface area contributed by atoms with Crippen LogP contribution in [0.25, 0.3) is 20.2 Å². The van der Waals surface area contributed by atoms with Crippen LogP contribution >= 0.6 is 22.7 Å². The first-order chi connectivity index (χ1) is 38.1. The van der Waals surface area contributed by atoms with E-state index in [1.54, 1.807) is 32.1 Å². The minimum Gasteiger partial charge on any atom is -0.469 e. The van der Waals surface area contributed by atoms with Crippen molar-refractivity contribution < 1.29 is 64.3 Å². The summed E-state index contributed by atoms with van der Waals surface area (Å²) < 4.78 is 81.3. The molecule has 2 aliphatic rings. The summed E-state index contributed by atoms with van der Waals surface area (Å²) in [5, 5.41) is 33.8. The van der Waals surface area contributed by atoms with Gasteiger partial charge in [0.25, 0.3) is 0 Å². The Balaban J connectivity index is 0.000000287.